The number of non-ortho nitro benzene ring substituents is 1. The van der Waals surface area contributed by atoms with Gasteiger partial charge >= 0.3 is 0 Å². The lowest BCUT2D eigenvalue weighted by Crippen LogP contribution is -2.35. The second-order valence-corrected chi connectivity index (χ2v) is 12.7. The topological polar surface area (TPSA) is 109 Å². The number of hydrogen-bond acceptors (Lipinski definition) is 8. The second kappa shape index (κ2) is 11.1. The molecule has 0 saturated carbocycles. The molecule has 0 bridgehead atoms. The molecule has 12 heteroatoms. The molecule has 0 radical (unpaired) electrons. The predicted molar refractivity (Wildman–Crippen MR) is 156 cm³/mol. The molecule has 0 amide bonds. The minimum absolute atomic E-state index is 0.0238. The van der Waals surface area contributed by atoms with E-state index < -0.39 is 14.9 Å². The Labute approximate surface area is 240 Å². The van der Waals surface area contributed by atoms with Gasteiger partial charge in [-0.2, -0.15) is 9.41 Å². The number of sulfonamides is 1. The number of halogens is 1. The minimum atomic E-state index is -3.53. The molecule has 3 aromatic carbocycles. The number of aromatic nitrogens is 1. The summed E-state index contributed by atoms with van der Waals surface area (Å²) in [5.74, 6) is -0.347. The highest BCUT2D eigenvalue weighted by Gasteiger charge is 2.32. The highest BCUT2D eigenvalue weighted by atomic mass is 32.2. The van der Waals surface area contributed by atoms with Crippen LogP contribution >= 0.6 is 11.3 Å². The van der Waals surface area contributed by atoms with Gasteiger partial charge in [0.25, 0.3) is 5.69 Å². The number of benzene rings is 3. The summed E-state index contributed by atoms with van der Waals surface area (Å²) in [5, 5.41) is 20.4. The van der Waals surface area contributed by atoms with Crippen LogP contribution in [0.5, 0.6) is 0 Å². The van der Waals surface area contributed by atoms with E-state index in [9.17, 15) is 22.9 Å². The van der Waals surface area contributed by atoms with E-state index in [4.69, 9.17) is 10.1 Å². The van der Waals surface area contributed by atoms with Crippen LogP contribution in [0.15, 0.2) is 88.2 Å². The number of anilines is 1. The van der Waals surface area contributed by atoms with Gasteiger partial charge in [-0.05, 0) is 42.7 Å². The maximum atomic E-state index is 13.7. The predicted octanol–water partition coefficient (Wildman–Crippen LogP) is 6.39. The van der Waals surface area contributed by atoms with Crippen LogP contribution in [0.25, 0.3) is 11.3 Å². The van der Waals surface area contributed by atoms with Crippen molar-refractivity contribution in [3.63, 3.8) is 0 Å². The van der Waals surface area contributed by atoms with Gasteiger partial charge in [-0.3, -0.25) is 10.1 Å². The Morgan fingerprint density at radius 2 is 1.68 bits per heavy atom. The van der Waals surface area contributed by atoms with E-state index >= 15 is 0 Å². The summed E-state index contributed by atoms with van der Waals surface area (Å²) in [5.41, 5.74) is 3.54. The van der Waals surface area contributed by atoms with Gasteiger partial charge in [-0.15, -0.1) is 11.3 Å². The second-order valence-electron chi connectivity index (χ2n) is 9.97. The van der Waals surface area contributed by atoms with Gasteiger partial charge in [-0.1, -0.05) is 42.8 Å². The van der Waals surface area contributed by atoms with Crippen molar-refractivity contribution in [1.82, 2.24) is 9.29 Å². The van der Waals surface area contributed by atoms with Crippen molar-refractivity contribution in [3.8, 4) is 11.3 Å². The van der Waals surface area contributed by atoms with E-state index in [0.717, 1.165) is 30.4 Å². The molecular weight excluding hydrogens is 565 g/mol. The third kappa shape index (κ3) is 5.50. The molecule has 2 aliphatic heterocycles. The van der Waals surface area contributed by atoms with Gasteiger partial charge in [0.15, 0.2) is 0 Å². The Balaban J connectivity index is 1.30. The largest absolute Gasteiger partial charge is 0.270 e. The molecule has 1 aromatic heterocycles. The average Bonchev–Trinajstić information content (AvgIpc) is 3.66. The number of piperidine rings is 1. The van der Waals surface area contributed by atoms with E-state index in [0.29, 0.717) is 41.6 Å². The Morgan fingerprint density at radius 1 is 0.951 bits per heavy atom. The molecule has 41 heavy (non-hydrogen) atoms. The number of hydrogen-bond donors (Lipinski definition) is 0. The van der Waals surface area contributed by atoms with Crippen LogP contribution in [0.4, 0.5) is 15.2 Å². The van der Waals surface area contributed by atoms with Gasteiger partial charge in [-0.25, -0.2) is 22.8 Å². The summed E-state index contributed by atoms with van der Waals surface area (Å²) in [6, 6.07) is 19.0. The molecule has 2 aliphatic rings. The van der Waals surface area contributed by atoms with E-state index in [2.05, 4.69) is 0 Å². The maximum Gasteiger partial charge on any atom is 0.270 e. The minimum Gasteiger partial charge on any atom is -0.258 e. The Kier molecular flexibility index (Phi) is 7.37. The molecule has 3 heterocycles. The zero-order valence-corrected chi connectivity index (χ0v) is 23.5. The first-order valence-electron chi connectivity index (χ1n) is 13.2. The molecule has 0 unspecified atom stereocenters. The molecule has 9 nitrogen and oxygen atoms in total. The van der Waals surface area contributed by atoms with Crippen molar-refractivity contribution in [2.75, 3.05) is 18.1 Å². The highest BCUT2D eigenvalue weighted by Crippen LogP contribution is 2.40. The quantitative estimate of drug-likeness (QED) is 0.182. The van der Waals surface area contributed by atoms with Crippen LogP contribution in [0.1, 0.15) is 42.9 Å². The van der Waals surface area contributed by atoms with Crippen molar-refractivity contribution >= 4 is 37.9 Å². The first kappa shape index (κ1) is 27.2. The fourth-order valence-electron chi connectivity index (χ4n) is 5.16. The third-order valence-electron chi connectivity index (χ3n) is 7.35. The lowest BCUT2D eigenvalue weighted by Gasteiger charge is -2.25. The standard InChI is InChI=1S/C29H26FN5O4S2/c30-23-11-7-21(8-12-23)28-18-26(22-5-4-6-24(17-22)35(36)37)32-34(28)29-31-27(19-40-29)20-9-13-25(14-10-20)41(38,39)33-15-2-1-3-16-33/h4-14,17,19,28H,1-3,15-16,18H2/t28-/m1/s1. The number of thiazole rings is 1. The van der Waals surface area contributed by atoms with Gasteiger partial charge in [0.2, 0.25) is 15.2 Å². The molecule has 210 valence electrons. The van der Waals surface area contributed by atoms with E-state index in [1.807, 2.05) is 5.38 Å². The van der Waals surface area contributed by atoms with Gasteiger partial charge in [0, 0.05) is 48.2 Å². The fraction of sp³-hybridized carbons (Fsp3) is 0.241. The Hall–Kier alpha value is -4.00. The van der Waals surface area contributed by atoms with Crippen molar-refractivity contribution in [3.05, 3.63) is 105 Å². The van der Waals surface area contributed by atoms with Crippen molar-refractivity contribution < 1.29 is 17.7 Å². The molecular formula is C29H26FN5O4S2. The van der Waals surface area contributed by atoms with Crippen LogP contribution in [-0.4, -0.2) is 41.4 Å². The molecule has 6 rings (SSSR count). The van der Waals surface area contributed by atoms with Gasteiger partial charge in [0.05, 0.1) is 27.3 Å². The summed E-state index contributed by atoms with van der Waals surface area (Å²) in [6.45, 7) is 1.09. The summed E-state index contributed by atoms with van der Waals surface area (Å²) < 4.78 is 41.3. The fourth-order valence-corrected chi connectivity index (χ4v) is 7.51. The van der Waals surface area contributed by atoms with Crippen LogP contribution in [0, 0.1) is 15.9 Å². The smallest absolute Gasteiger partial charge is 0.258 e. The zero-order valence-electron chi connectivity index (χ0n) is 21.9. The average molecular weight is 592 g/mol. The normalized spacial score (nSPS) is 17.9. The molecule has 1 saturated heterocycles. The first-order valence-corrected chi connectivity index (χ1v) is 15.5. The lowest BCUT2D eigenvalue weighted by molar-refractivity contribution is -0.384. The first-order chi connectivity index (χ1) is 19.8. The van der Waals surface area contributed by atoms with E-state index in [1.165, 1.54) is 35.6 Å². The monoisotopic (exact) mass is 591 g/mol. The summed E-state index contributed by atoms with van der Waals surface area (Å²) in [7, 11) is -3.53. The van der Waals surface area contributed by atoms with Crippen LogP contribution in [0.2, 0.25) is 0 Å². The Bertz CT molecular complexity index is 1720. The van der Waals surface area contributed by atoms with Gasteiger partial charge < -0.3 is 0 Å². The molecule has 0 aliphatic carbocycles. The van der Waals surface area contributed by atoms with Crippen molar-refractivity contribution in [2.45, 2.75) is 36.6 Å². The number of nitrogens with zero attached hydrogens (tertiary/aromatic N) is 5. The molecule has 1 atom stereocenters. The van der Waals surface area contributed by atoms with Crippen LogP contribution in [0.3, 0.4) is 0 Å². The molecule has 4 aromatic rings. The third-order valence-corrected chi connectivity index (χ3v) is 10.1. The number of nitro groups is 1. The number of rotatable bonds is 7. The Morgan fingerprint density at radius 3 is 2.39 bits per heavy atom. The molecule has 1 fully saturated rings. The van der Waals surface area contributed by atoms with Crippen LogP contribution in [-0.2, 0) is 10.0 Å². The summed E-state index contributed by atoms with van der Waals surface area (Å²) >= 11 is 1.38. The SMILES string of the molecule is O=[N+]([O-])c1cccc(C2=NN(c3nc(-c4ccc(S(=O)(=O)N5CCCCC5)cc4)cs3)[C@@H](c3ccc(F)cc3)C2)c1. The lowest BCUT2D eigenvalue weighted by atomic mass is 9.98. The maximum absolute atomic E-state index is 13.7. The van der Waals surface area contributed by atoms with E-state index in [1.54, 1.807) is 57.8 Å². The zero-order chi connectivity index (χ0) is 28.6. The highest BCUT2D eigenvalue weighted by molar-refractivity contribution is 7.89. The van der Waals surface area contributed by atoms with E-state index in [-0.39, 0.29) is 22.4 Å². The summed E-state index contributed by atoms with van der Waals surface area (Å²) in [4.78, 5) is 16.0. The van der Waals surface area contributed by atoms with Crippen molar-refractivity contribution in [2.24, 2.45) is 5.10 Å². The summed E-state index contributed by atoms with van der Waals surface area (Å²) in [6.07, 6.45) is 3.25. The molecule has 0 spiro atoms. The number of nitro benzene ring substituents is 1. The number of hydrazone groups is 1. The van der Waals surface area contributed by atoms with Crippen LogP contribution < -0.4 is 5.01 Å². The van der Waals surface area contributed by atoms with Gasteiger partial charge in [0.1, 0.15) is 5.82 Å². The molecule has 0 N–H and O–H groups in total. The van der Waals surface area contributed by atoms with Crippen molar-refractivity contribution in [1.29, 1.82) is 0 Å².